The molecule has 2 rings (SSSR count). The lowest BCUT2D eigenvalue weighted by Crippen LogP contribution is -2.00. The normalized spacial score (nSPS) is 12.2. The number of hydrogen-bond donors (Lipinski definition) is 1. The standard InChI is InChI=1S/C14H13ClO2/c1-17-11-8-6-10(7-9-11)14(16)12-4-2-3-5-13(12)15/h2-9,14,16H,1H3/t14-/m1/s1. The Balaban J connectivity index is 2.30. The molecule has 0 aliphatic heterocycles. The third-order valence-corrected chi connectivity index (χ3v) is 2.98. The zero-order chi connectivity index (χ0) is 12.3. The van der Waals surface area contributed by atoms with Crippen molar-refractivity contribution in [1.82, 2.24) is 0 Å². The highest BCUT2D eigenvalue weighted by atomic mass is 35.5. The molecule has 88 valence electrons. The minimum Gasteiger partial charge on any atom is -0.497 e. The highest BCUT2D eigenvalue weighted by Crippen LogP contribution is 2.28. The lowest BCUT2D eigenvalue weighted by atomic mass is 10.0. The second-order valence-corrected chi connectivity index (χ2v) is 4.10. The Morgan fingerprint density at radius 2 is 1.71 bits per heavy atom. The second kappa shape index (κ2) is 5.21. The van der Waals surface area contributed by atoms with E-state index in [0.717, 1.165) is 11.3 Å². The molecule has 0 unspecified atom stereocenters. The summed E-state index contributed by atoms with van der Waals surface area (Å²) in [4.78, 5) is 0. The van der Waals surface area contributed by atoms with Crippen LogP contribution < -0.4 is 4.74 Å². The molecule has 2 nitrogen and oxygen atoms in total. The molecule has 2 aromatic rings. The second-order valence-electron chi connectivity index (χ2n) is 3.70. The van der Waals surface area contributed by atoms with Crippen LogP contribution in [0.5, 0.6) is 5.75 Å². The van der Waals surface area contributed by atoms with Gasteiger partial charge in [-0.3, -0.25) is 0 Å². The van der Waals surface area contributed by atoms with Crippen molar-refractivity contribution in [3.05, 3.63) is 64.7 Å². The average Bonchev–Trinajstić information content (AvgIpc) is 2.39. The van der Waals surface area contributed by atoms with E-state index in [0.29, 0.717) is 10.6 Å². The van der Waals surface area contributed by atoms with E-state index in [1.165, 1.54) is 0 Å². The van der Waals surface area contributed by atoms with E-state index < -0.39 is 6.10 Å². The lowest BCUT2D eigenvalue weighted by Gasteiger charge is -2.13. The van der Waals surface area contributed by atoms with Gasteiger partial charge in [0.25, 0.3) is 0 Å². The third-order valence-electron chi connectivity index (χ3n) is 2.63. The number of benzene rings is 2. The Kier molecular flexibility index (Phi) is 3.67. The fourth-order valence-electron chi connectivity index (χ4n) is 1.66. The average molecular weight is 249 g/mol. The van der Waals surface area contributed by atoms with E-state index in [-0.39, 0.29) is 0 Å². The molecule has 0 saturated carbocycles. The first-order valence-electron chi connectivity index (χ1n) is 5.29. The van der Waals surface area contributed by atoms with Crippen LogP contribution in [0.25, 0.3) is 0 Å². The molecule has 0 amide bonds. The summed E-state index contributed by atoms with van der Waals surface area (Å²) >= 11 is 6.04. The quantitative estimate of drug-likeness (QED) is 0.902. The Morgan fingerprint density at radius 1 is 1.06 bits per heavy atom. The summed E-state index contributed by atoms with van der Waals surface area (Å²) in [5.74, 6) is 0.764. The molecule has 0 spiro atoms. The summed E-state index contributed by atoms with van der Waals surface area (Å²) in [6, 6.07) is 14.6. The Morgan fingerprint density at radius 3 is 2.29 bits per heavy atom. The van der Waals surface area contributed by atoms with Gasteiger partial charge in [-0.15, -0.1) is 0 Å². The van der Waals surface area contributed by atoms with Crippen LogP contribution in [0.3, 0.4) is 0 Å². The van der Waals surface area contributed by atoms with Crippen LogP contribution in [0.2, 0.25) is 5.02 Å². The van der Waals surface area contributed by atoms with Gasteiger partial charge in [0.15, 0.2) is 0 Å². The van der Waals surface area contributed by atoms with Crippen LogP contribution >= 0.6 is 11.6 Å². The molecule has 1 N–H and O–H groups in total. The van der Waals surface area contributed by atoms with Gasteiger partial charge in [0, 0.05) is 10.6 Å². The van der Waals surface area contributed by atoms with E-state index in [1.54, 1.807) is 13.2 Å². The maximum absolute atomic E-state index is 10.2. The van der Waals surface area contributed by atoms with Crippen molar-refractivity contribution in [3.63, 3.8) is 0 Å². The molecule has 0 radical (unpaired) electrons. The number of hydrogen-bond acceptors (Lipinski definition) is 2. The zero-order valence-corrected chi connectivity index (χ0v) is 10.2. The zero-order valence-electron chi connectivity index (χ0n) is 9.43. The topological polar surface area (TPSA) is 29.5 Å². The number of halogens is 1. The first-order valence-corrected chi connectivity index (χ1v) is 5.66. The maximum atomic E-state index is 10.2. The smallest absolute Gasteiger partial charge is 0.118 e. The van der Waals surface area contributed by atoms with E-state index >= 15 is 0 Å². The van der Waals surface area contributed by atoms with Gasteiger partial charge < -0.3 is 9.84 Å². The van der Waals surface area contributed by atoms with Gasteiger partial charge >= 0.3 is 0 Å². The van der Waals surface area contributed by atoms with E-state index in [9.17, 15) is 5.11 Å². The monoisotopic (exact) mass is 248 g/mol. The number of ether oxygens (including phenoxy) is 1. The van der Waals surface area contributed by atoms with E-state index in [2.05, 4.69) is 0 Å². The third kappa shape index (κ3) is 2.60. The molecule has 17 heavy (non-hydrogen) atoms. The van der Waals surface area contributed by atoms with Gasteiger partial charge in [0.05, 0.1) is 7.11 Å². The maximum Gasteiger partial charge on any atom is 0.118 e. The van der Waals surface area contributed by atoms with Crippen molar-refractivity contribution >= 4 is 11.6 Å². The molecule has 0 bridgehead atoms. The molecule has 1 atom stereocenters. The van der Waals surface area contributed by atoms with Crippen LogP contribution in [0.4, 0.5) is 0 Å². The molecule has 0 fully saturated rings. The van der Waals surface area contributed by atoms with Crippen molar-refractivity contribution in [2.75, 3.05) is 7.11 Å². The van der Waals surface area contributed by atoms with Crippen molar-refractivity contribution in [2.45, 2.75) is 6.10 Å². The van der Waals surface area contributed by atoms with Crippen LogP contribution in [0.1, 0.15) is 17.2 Å². The van der Waals surface area contributed by atoms with Crippen molar-refractivity contribution in [2.24, 2.45) is 0 Å². The lowest BCUT2D eigenvalue weighted by molar-refractivity contribution is 0.220. The SMILES string of the molecule is COc1ccc([C@@H](O)c2ccccc2Cl)cc1. The minimum atomic E-state index is -0.713. The summed E-state index contributed by atoms with van der Waals surface area (Å²) in [7, 11) is 1.61. The highest BCUT2D eigenvalue weighted by molar-refractivity contribution is 6.31. The summed E-state index contributed by atoms with van der Waals surface area (Å²) in [6.07, 6.45) is -0.713. The van der Waals surface area contributed by atoms with Crippen LogP contribution in [0, 0.1) is 0 Å². The van der Waals surface area contributed by atoms with Crippen LogP contribution in [0.15, 0.2) is 48.5 Å². The Bertz CT molecular complexity index is 494. The number of rotatable bonds is 3. The van der Waals surface area contributed by atoms with Gasteiger partial charge in [-0.1, -0.05) is 41.9 Å². The number of aliphatic hydroxyl groups excluding tert-OH is 1. The fraction of sp³-hybridized carbons (Fsp3) is 0.143. The molecule has 0 aliphatic rings. The van der Waals surface area contributed by atoms with Gasteiger partial charge in [-0.25, -0.2) is 0 Å². The van der Waals surface area contributed by atoms with E-state index in [1.807, 2.05) is 42.5 Å². The first-order chi connectivity index (χ1) is 8.22. The van der Waals surface area contributed by atoms with Gasteiger partial charge in [-0.05, 0) is 23.8 Å². The van der Waals surface area contributed by atoms with Gasteiger partial charge in [-0.2, -0.15) is 0 Å². The van der Waals surface area contributed by atoms with E-state index in [4.69, 9.17) is 16.3 Å². The highest BCUT2D eigenvalue weighted by Gasteiger charge is 2.13. The molecule has 3 heteroatoms. The van der Waals surface area contributed by atoms with Crippen molar-refractivity contribution < 1.29 is 9.84 Å². The Labute approximate surface area is 105 Å². The molecular formula is C14H13ClO2. The molecule has 0 heterocycles. The number of aliphatic hydroxyl groups is 1. The predicted octanol–water partition coefficient (Wildman–Crippen LogP) is 3.43. The molecule has 0 saturated heterocycles. The minimum absolute atomic E-state index is 0.566. The summed E-state index contributed by atoms with van der Waals surface area (Å²) in [5.41, 5.74) is 1.50. The molecule has 0 aliphatic carbocycles. The largest absolute Gasteiger partial charge is 0.497 e. The number of methoxy groups -OCH3 is 1. The van der Waals surface area contributed by atoms with Crippen LogP contribution in [-0.4, -0.2) is 12.2 Å². The summed E-state index contributed by atoms with van der Waals surface area (Å²) in [6.45, 7) is 0. The first kappa shape index (κ1) is 12.0. The molecule has 0 aromatic heterocycles. The molecular weight excluding hydrogens is 236 g/mol. The van der Waals surface area contributed by atoms with Crippen molar-refractivity contribution in [3.8, 4) is 5.75 Å². The summed E-state index contributed by atoms with van der Waals surface area (Å²) < 4.78 is 5.07. The predicted molar refractivity (Wildman–Crippen MR) is 68.5 cm³/mol. The van der Waals surface area contributed by atoms with Gasteiger partial charge in [0.2, 0.25) is 0 Å². The van der Waals surface area contributed by atoms with Crippen LogP contribution in [-0.2, 0) is 0 Å². The summed E-state index contributed by atoms with van der Waals surface area (Å²) in [5, 5.41) is 10.8. The fourth-order valence-corrected chi connectivity index (χ4v) is 1.90. The van der Waals surface area contributed by atoms with Crippen molar-refractivity contribution in [1.29, 1.82) is 0 Å². The van der Waals surface area contributed by atoms with Gasteiger partial charge in [0.1, 0.15) is 11.9 Å². The Hall–Kier alpha value is -1.51. The molecule has 2 aromatic carbocycles.